The Kier molecular flexibility index (Phi) is 5.51. The third-order valence-electron chi connectivity index (χ3n) is 2.67. The molecule has 0 saturated heterocycles. The third kappa shape index (κ3) is 3.73. The molecular formula is C9H20O2. The molecule has 0 spiro atoms. The van der Waals surface area contributed by atoms with Crippen LogP contribution < -0.4 is 0 Å². The van der Waals surface area contributed by atoms with Gasteiger partial charge in [0.25, 0.3) is 0 Å². The van der Waals surface area contributed by atoms with Gasteiger partial charge in [0.2, 0.25) is 0 Å². The van der Waals surface area contributed by atoms with Crippen LogP contribution in [0, 0.1) is 17.8 Å². The van der Waals surface area contributed by atoms with E-state index in [1.165, 1.54) is 0 Å². The zero-order chi connectivity index (χ0) is 8.85. The summed E-state index contributed by atoms with van der Waals surface area (Å²) in [5.41, 5.74) is 0. The zero-order valence-electron chi connectivity index (χ0n) is 7.75. The molecule has 0 aliphatic carbocycles. The molecule has 0 fully saturated rings. The van der Waals surface area contributed by atoms with Crippen molar-refractivity contribution in [1.29, 1.82) is 0 Å². The van der Waals surface area contributed by atoms with Crippen LogP contribution in [-0.4, -0.2) is 23.4 Å². The molecule has 0 aromatic rings. The fourth-order valence-corrected chi connectivity index (χ4v) is 1.19. The van der Waals surface area contributed by atoms with E-state index in [0.717, 1.165) is 6.42 Å². The van der Waals surface area contributed by atoms with Crippen LogP contribution in [0.1, 0.15) is 27.2 Å². The molecule has 2 heteroatoms. The second kappa shape index (κ2) is 5.56. The monoisotopic (exact) mass is 160 g/mol. The Hall–Kier alpha value is -0.0800. The van der Waals surface area contributed by atoms with Gasteiger partial charge in [-0.05, 0) is 24.2 Å². The summed E-state index contributed by atoms with van der Waals surface area (Å²) in [6, 6.07) is 0. The average molecular weight is 160 g/mol. The fourth-order valence-electron chi connectivity index (χ4n) is 1.19. The van der Waals surface area contributed by atoms with Gasteiger partial charge in [-0.1, -0.05) is 20.8 Å². The molecule has 2 N–H and O–H groups in total. The van der Waals surface area contributed by atoms with Gasteiger partial charge in [0.1, 0.15) is 0 Å². The Bertz CT molecular complexity index is 93.6. The fraction of sp³-hybridized carbons (Fsp3) is 1.00. The van der Waals surface area contributed by atoms with Gasteiger partial charge >= 0.3 is 0 Å². The number of rotatable bonds is 5. The first-order valence-electron chi connectivity index (χ1n) is 4.35. The van der Waals surface area contributed by atoms with Crippen LogP contribution in [0.5, 0.6) is 0 Å². The van der Waals surface area contributed by atoms with Crippen molar-refractivity contribution < 1.29 is 10.2 Å². The van der Waals surface area contributed by atoms with Gasteiger partial charge in [-0.2, -0.15) is 0 Å². The minimum absolute atomic E-state index is 0.247. The largest absolute Gasteiger partial charge is 0.396 e. The second-order valence-electron chi connectivity index (χ2n) is 3.51. The summed E-state index contributed by atoms with van der Waals surface area (Å²) >= 11 is 0. The molecule has 0 heterocycles. The molecule has 0 radical (unpaired) electrons. The summed E-state index contributed by atoms with van der Waals surface area (Å²) in [5.74, 6) is 1.34. The Balaban J connectivity index is 3.70. The Morgan fingerprint density at radius 1 is 1.00 bits per heavy atom. The normalized spacial score (nSPS) is 19.4. The standard InChI is InChI=1S/C9H20O2/c1-7(4-5-10)9(3)8(2)6-11/h7-11H,4-6H2,1-3H3/t7-,8-,9?/m1/s1. The Labute approximate surface area is 69.2 Å². The third-order valence-corrected chi connectivity index (χ3v) is 2.67. The highest BCUT2D eigenvalue weighted by molar-refractivity contribution is 4.66. The van der Waals surface area contributed by atoms with Crippen LogP contribution >= 0.6 is 0 Å². The summed E-state index contributed by atoms with van der Waals surface area (Å²) in [6.07, 6.45) is 0.839. The van der Waals surface area contributed by atoms with E-state index < -0.39 is 0 Å². The van der Waals surface area contributed by atoms with Gasteiger partial charge in [0.15, 0.2) is 0 Å². The van der Waals surface area contributed by atoms with Gasteiger partial charge in [-0.15, -0.1) is 0 Å². The van der Waals surface area contributed by atoms with E-state index >= 15 is 0 Å². The lowest BCUT2D eigenvalue weighted by molar-refractivity contribution is 0.146. The van der Waals surface area contributed by atoms with E-state index in [9.17, 15) is 0 Å². The SMILES string of the molecule is CC([C@H](C)CO)[C@H](C)CCO. The maximum absolute atomic E-state index is 8.86. The molecule has 0 aromatic carbocycles. The minimum atomic E-state index is 0.247. The predicted molar refractivity (Wildman–Crippen MR) is 46.3 cm³/mol. The molecule has 0 rings (SSSR count). The molecule has 0 amide bonds. The molecular weight excluding hydrogens is 140 g/mol. The summed E-state index contributed by atoms with van der Waals surface area (Å²) in [4.78, 5) is 0. The van der Waals surface area contributed by atoms with Crippen LogP contribution in [-0.2, 0) is 0 Å². The van der Waals surface area contributed by atoms with Crippen molar-refractivity contribution in [3.05, 3.63) is 0 Å². The van der Waals surface area contributed by atoms with Crippen LogP contribution in [0.25, 0.3) is 0 Å². The topological polar surface area (TPSA) is 40.5 Å². The highest BCUT2D eigenvalue weighted by atomic mass is 16.3. The molecule has 0 saturated carbocycles. The van der Waals surface area contributed by atoms with Gasteiger partial charge in [0, 0.05) is 13.2 Å². The van der Waals surface area contributed by atoms with E-state index in [0.29, 0.717) is 17.8 Å². The quantitative estimate of drug-likeness (QED) is 0.636. The molecule has 68 valence electrons. The van der Waals surface area contributed by atoms with E-state index in [2.05, 4.69) is 13.8 Å². The van der Waals surface area contributed by atoms with Gasteiger partial charge in [-0.25, -0.2) is 0 Å². The van der Waals surface area contributed by atoms with E-state index in [-0.39, 0.29) is 13.2 Å². The van der Waals surface area contributed by atoms with Gasteiger partial charge < -0.3 is 10.2 Å². The summed E-state index contributed by atoms with van der Waals surface area (Å²) < 4.78 is 0. The van der Waals surface area contributed by atoms with Crippen molar-refractivity contribution in [2.45, 2.75) is 27.2 Å². The molecule has 0 aromatic heterocycles. The maximum Gasteiger partial charge on any atom is 0.0459 e. The van der Waals surface area contributed by atoms with E-state index in [4.69, 9.17) is 10.2 Å². The number of aliphatic hydroxyl groups is 2. The first-order valence-corrected chi connectivity index (χ1v) is 4.35. The maximum atomic E-state index is 8.86. The predicted octanol–water partition coefficient (Wildman–Crippen LogP) is 1.27. The van der Waals surface area contributed by atoms with Crippen molar-refractivity contribution in [2.75, 3.05) is 13.2 Å². The van der Waals surface area contributed by atoms with E-state index in [1.807, 2.05) is 6.92 Å². The van der Waals surface area contributed by atoms with Crippen molar-refractivity contribution in [2.24, 2.45) is 17.8 Å². The van der Waals surface area contributed by atoms with Crippen LogP contribution in [0.2, 0.25) is 0 Å². The lowest BCUT2D eigenvalue weighted by atomic mass is 9.84. The molecule has 3 atom stereocenters. The van der Waals surface area contributed by atoms with Gasteiger partial charge in [0.05, 0.1) is 0 Å². The smallest absolute Gasteiger partial charge is 0.0459 e. The second-order valence-corrected chi connectivity index (χ2v) is 3.51. The van der Waals surface area contributed by atoms with Gasteiger partial charge in [-0.3, -0.25) is 0 Å². The number of hydrogen-bond acceptors (Lipinski definition) is 2. The van der Waals surface area contributed by atoms with E-state index in [1.54, 1.807) is 0 Å². The van der Waals surface area contributed by atoms with Crippen molar-refractivity contribution in [1.82, 2.24) is 0 Å². The van der Waals surface area contributed by atoms with Crippen molar-refractivity contribution in [3.63, 3.8) is 0 Å². The first-order chi connectivity index (χ1) is 5.13. The molecule has 0 aliphatic heterocycles. The Morgan fingerprint density at radius 3 is 1.91 bits per heavy atom. The minimum Gasteiger partial charge on any atom is -0.396 e. The average Bonchev–Trinajstić information content (AvgIpc) is 2.02. The lowest BCUT2D eigenvalue weighted by Crippen LogP contribution is -2.20. The molecule has 2 nitrogen and oxygen atoms in total. The molecule has 11 heavy (non-hydrogen) atoms. The van der Waals surface area contributed by atoms with Crippen LogP contribution in [0.15, 0.2) is 0 Å². The molecule has 1 unspecified atom stereocenters. The highest BCUT2D eigenvalue weighted by Crippen LogP contribution is 2.22. The first kappa shape index (κ1) is 10.9. The zero-order valence-corrected chi connectivity index (χ0v) is 7.75. The van der Waals surface area contributed by atoms with Crippen molar-refractivity contribution in [3.8, 4) is 0 Å². The Morgan fingerprint density at radius 2 is 1.55 bits per heavy atom. The molecule has 0 aliphatic rings. The molecule has 0 bridgehead atoms. The van der Waals surface area contributed by atoms with Crippen LogP contribution in [0.3, 0.4) is 0 Å². The number of hydrogen-bond donors (Lipinski definition) is 2. The summed E-state index contributed by atoms with van der Waals surface area (Å²) in [6.45, 7) is 6.79. The van der Waals surface area contributed by atoms with Crippen LogP contribution in [0.4, 0.5) is 0 Å². The number of aliphatic hydroxyl groups excluding tert-OH is 2. The summed E-state index contributed by atoms with van der Waals surface area (Å²) in [5, 5.41) is 17.5. The lowest BCUT2D eigenvalue weighted by Gasteiger charge is -2.23. The highest BCUT2D eigenvalue weighted by Gasteiger charge is 2.17. The van der Waals surface area contributed by atoms with Crippen molar-refractivity contribution >= 4 is 0 Å². The summed E-state index contributed by atoms with van der Waals surface area (Å²) in [7, 11) is 0.